The summed E-state index contributed by atoms with van der Waals surface area (Å²) in [6, 6.07) is 16.9. The molecule has 0 radical (unpaired) electrons. The summed E-state index contributed by atoms with van der Waals surface area (Å²) in [5, 5.41) is 2.21. The van der Waals surface area contributed by atoms with Crippen molar-refractivity contribution in [3.8, 4) is 0 Å². The molecule has 1 atom stereocenters. The third-order valence-corrected chi connectivity index (χ3v) is 6.97. The zero-order valence-corrected chi connectivity index (χ0v) is 18.2. The van der Waals surface area contributed by atoms with Gasteiger partial charge in [-0.05, 0) is 65.7 Å². The number of anilines is 2. The molecule has 1 saturated heterocycles. The van der Waals surface area contributed by atoms with Gasteiger partial charge in [-0.25, -0.2) is 8.42 Å². The third-order valence-electron chi connectivity index (χ3n) is 5.26. The number of nitrogens with zero attached hydrogens (tertiary/aromatic N) is 2. The van der Waals surface area contributed by atoms with Gasteiger partial charge in [-0.15, -0.1) is 0 Å². The molecule has 1 N–H and O–H groups in total. The standard InChI is InChI=1S/C22H22ClN3O3S/c1-25(2)18-6-8-19(9-7-18)26-12-11-21(22(26)27)24-30(28,29)20-10-4-15-13-17(23)5-3-16(15)14-20/h3-10,13-14,21,24H,11-12H2,1-2H3. The van der Waals surface area contributed by atoms with Gasteiger partial charge in [0.1, 0.15) is 6.04 Å². The summed E-state index contributed by atoms with van der Waals surface area (Å²) in [5.74, 6) is -0.247. The molecule has 1 aliphatic rings. The second-order valence-electron chi connectivity index (χ2n) is 7.52. The molecule has 3 aromatic carbocycles. The molecule has 1 fully saturated rings. The van der Waals surface area contributed by atoms with Crippen LogP contribution in [0.4, 0.5) is 11.4 Å². The van der Waals surface area contributed by atoms with Crippen molar-refractivity contribution in [2.45, 2.75) is 17.4 Å². The molecular formula is C22H22ClN3O3S. The van der Waals surface area contributed by atoms with Crippen molar-refractivity contribution in [1.29, 1.82) is 0 Å². The van der Waals surface area contributed by atoms with Gasteiger partial charge in [0.25, 0.3) is 0 Å². The Morgan fingerprint density at radius 1 is 1.00 bits per heavy atom. The average molecular weight is 444 g/mol. The minimum atomic E-state index is -3.84. The van der Waals surface area contributed by atoms with Gasteiger partial charge in [0, 0.05) is 37.0 Å². The van der Waals surface area contributed by atoms with E-state index in [0.717, 1.165) is 22.1 Å². The summed E-state index contributed by atoms with van der Waals surface area (Å²) in [6.07, 6.45) is 0.413. The quantitative estimate of drug-likeness (QED) is 0.653. The van der Waals surface area contributed by atoms with Crippen LogP contribution in [0.1, 0.15) is 6.42 Å². The molecule has 1 aliphatic heterocycles. The highest BCUT2D eigenvalue weighted by Crippen LogP contribution is 2.26. The van der Waals surface area contributed by atoms with Gasteiger partial charge in [0.05, 0.1) is 4.90 Å². The minimum absolute atomic E-state index is 0.124. The number of carbonyl (C=O) groups excluding carboxylic acids is 1. The van der Waals surface area contributed by atoms with Crippen LogP contribution in [0.15, 0.2) is 65.6 Å². The van der Waals surface area contributed by atoms with Crippen LogP contribution < -0.4 is 14.5 Å². The maximum Gasteiger partial charge on any atom is 0.245 e. The van der Waals surface area contributed by atoms with E-state index in [9.17, 15) is 13.2 Å². The van der Waals surface area contributed by atoms with E-state index in [4.69, 9.17) is 11.6 Å². The topological polar surface area (TPSA) is 69.7 Å². The van der Waals surface area contributed by atoms with Crippen LogP contribution in [0.3, 0.4) is 0 Å². The lowest BCUT2D eigenvalue weighted by atomic mass is 10.1. The number of halogens is 1. The van der Waals surface area contributed by atoms with Crippen molar-refractivity contribution in [2.24, 2.45) is 0 Å². The number of hydrogen-bond acceptors (Lipinski definition) is 4. The molecule has 4 rings (SSSR count). The maximum absolute atomic E-state index is 12.9. The number of carbonyl (C=O) groups is 1. The highest BCUT2D eigenvalue weighted by atomic mass is 35.5. The Balaban J connectivity index is 1.52. The van der Waals surface area contributed by atoms with Gasteiger partial charge in [0.2, 0.25) is 15.9 Å². The second-order valence-corrected chi connectivity index (χ2v) is 9.67. The zero-order chi connectivity index (χ0) is 21.5. The van der Waals surface area contributed by atoms with E-state index in [1.54, 1.807) is 35.2 Å². The first kappa shape index (κ1) is 20.7. The lowest BCUT2D eigenvalue weighted by Gasteiger charge is -2.19. The second kappa shape index (κ2) is 7.91. The average Bonchev–Trinajstić information content (AvgIpc) is 3.07. The number of amides is 1. The van der Waals surface area contributed by atoms with E-state index in [0.29, 0.717) is 18.0 Å². The van der Waals surface area contributed by atoms with Crippen molar-refractivity contribution < 1.29 is 13.2 Å². The Morgan fingerprint density at radius 2 is 1.67 bits per heavy atom. The fourth-order valence-corrected chi connectivity index (χ4v) is 5.03. The first-order valence-corrected chi connectivity index (χ1v) is 11.4. The smallest absolute Gasteiger partial charge is 0.245 e. The van der Waals surface area contributed by atoms with Crippen LogP contribution in [0, 0.1) is 0 Å². The van der Waals surface area contributed by atoms with E-state index in [1.165, 1.54) is 6.07 Å². The van der Waals surface area contributed by atoms with Gasteiger partial charge >= 0.3 is 0 Å². The molecule has 8 heteroatoms. The highest BCUT2D eigenvalue weighted by molar-refractivity contribution is 7.89. The largest absolute Gasteiger partial charge is 0.378 e. The number of hydrogen-bond donors (Lipinski definition) is 1. The molecule has 0 aliphatic carbocycles. The first-order valence-electron chi connectivity index (χ1n) is 9.55. The summed E-state index contributed by atoms with van der Waals surface area (Å²) in [7, 11) is 0.0543. The minimum Gasteiger partial charge on any atom is -0.378 e. The van der Waals surface area contributed by atoms with Gasteiger partial charge in [-0.2, -0.15) is 4.72 Å². The number of sulfonamides is 1. The van der Waals surface area contributed by atoms with E-state index in [1.807, 2.05) is 43.3 Å². The van der Waals surface area contributed by atoms with Crippen LogP contribution in [0.2, 0.25) is 5.02 Å². The van der Waals surface area contributed by atoms with Crippen molar-refractivity contribution in [2.75, 3.05) is 30.4 Å². The Kier molecular flexibility index (Phi) is 5.44. The molecule has 6 nitrogen and oxygen atoms in total. The van der Waals surface area contributed by atoms with Gasteiger partial charge in [0.15, 0.2) is 0 Å². The highest BCUT2D eigenvalue weighted by Gasteiger charge is 2.35. The number of nitrogens with one attached hydrogen (secondary N) is 1. The monoisotopic (exact) mass is 443 g/mol. The Labute approximate surface area is 181 Å². The van der Waals surface area contributed by atoms with E-state index in [2.05, 4.69) is 4.72 Å². The van der Waals surface area contributed by atoms with Crippen LogP contribution in [-0.2, 0) is 14.8 Å². The normalized spacial score (nSPS) is 17.0. The van der Waals surface area contributed by atoms with E-state index in [-0.39, 0.29) is 10.8 Å². The van der Waals surface area contributed by atoms with E-state index < -0.39 is 16.1 Å². The third kappa shape index (κ3) is 4.01. The summed E-state index contributed by atoms with van der Waals surface area (Å²) in [5.41, 5.74) is 1.79. The number of fused-ring (bicyclic) bond motifs is 1. The van der Waals surface area contributed by atoms with E-state index >= 15 is 0 Å². The van der Waals surface area contributed by atoms with Gasteiger partial charge in [-0.1, -0.05) is 23.7 Å². The first-order chi connectivity index (χ1) is 14.2. The van der Waals surface area contributed by atoms with Crippen LogP contribution >= 0.6 is 11.6 Å². The maximum atomic E-state index is 12.9. The molecule has 0 spiro atoms. The summed E-state index contributed by atoms with van der Waals surface area (Å²) in [6.45, 7) is 0.462. The fourth-order valence-electron chi connectivity index (χ4n) is 3.59. The van der Waals surface area contributed by atoms with Crippen LogP contribution in [0.5, 0.6) is 0 Å². The molecule has 0 bridgehead atoms. The Morgan fingerprint density at radius 3 is 2.37 bits per heavy atom. The predicted molar refractivity (Wildman–Crippen MR) is 121 cm³/mol. The molecule has 156 valence electrons. The van der Waals surface area contributed by atoms with Gasteiger partial charge < -0.3 is 9.80 Å². The SMILES string of the molecule is CN(C)c1ccc(N2CCC(NS(=O)(=O)c3ccc4cc(Cl)ccc4c3)C2=O)cc1. The molecule has 1 unspecified atom stereocenters. The molecule has 30 heavy (non-hydrogen) atoms. The Hall–Kier alpha value is -2.61. The van der Waals surface area contributed by atoms with Crippen molar-refractivity contribution in [3.05, 3.63) is 65.7 Å². The van der Waals surface area contributed by atoms with Crippen molar-refractivity contribution in [3.63, 3.8) is 0 Å². The van der Waals surface area contributed by atoms with Crippen molar-refractivity contribution in [1.82, 2.24) is 4.72 Å². The fraction of sp³-hybridized carbons (Fsp3) is 0.227. The van der Waals surface area contributed by atoms with Crippen LogP contribution in [0.25, 0.3) is 10.8 Å². The number of benzene rings is 3. The number of rotatable bonds is 5. The van der Waals surface area contributed by atoms with Crippen LogP contribution in [-0.4, -0.2) is 41.0 Å². The summed E-state index contributed by atoms with van der Waals surface area (Å²) >= 11 is 5.99. The lowest BCUT2D eigenvalue weighted by Crippen LogP contribution is -2.41. The lowest BCUT2D eigenvalue weighted by molar-refractivity contribution is -0.118. The predicted octanol–water partition coefficient (Wildman–Crippen LogP) is 3.64. The zero-order valence-electron chi connectivity index (χ0n) is 16.7. The van der Waals surface area contributed by atoms with Gasteiger partial charge in [-0.3, -0.25) is 4.79 Å². The molecular weight excluding hydrogens is 422 g/mol. The molecule has 1 amide bonds. The molecule has 1 heterocycles. The molecule has 0 saturated carbocycles. The molecule has 3 aromatic rings. The summed E-state index contributed by atoms with van der Waals surface area (Å²) in [4.78, 5) is 16.6. The Bertz CT molecular complexity index is 1210. The van der Waals surface area contributed by atoms with Crippen molar-refractivity contribution >= 4 is 49.7 Å². The molecule has 0 aromatic heterocycles. The summed E-state index contributed by atoms with van der Waals surface area (Å²) < 4.78 is 28.4.